The van der Waals surface area contributed by atoms with Crippen LogP contribution in [0.5, 0.6) is 0 Å². The molecule has 0 bridgehead atoms. The molecule has 0 aromatic carbocycles. The predicted molar refractivity (Wildman–Crippen MR) is 57.4 cm³/mol. The van der Waals surface area contributed by atoms with Gasteiger partial charge in [-0.05, 0) is 18.6 Å². The molecule has 0 aliphatic heterocycles. The van der Waals surface area contributed by atoms with Gasteiger partial charge in [0.25, 0.3) is 0 Å². The number of carboxylic acids is 1. The maximum Gasteiger partial charge on any atom is 0.307 e. The van der Waals surface area contributed by atoms with E-state index in [0.717, 1.165) is 5.56 Å². The first kappa shape index (κ1) is 10.4. The lowest BCUT2D eigenvalue weighted by Gasteiger charge is -2.01. The number of carboxylic acid groups (broad SMARTS) is 1. The summed E-state index contributed by atoms with van der Waals surface area (Å²) in [6, 6.07) is 1.95. The third-order valence-corrected chi connectivity index (χ3v) is 2.12. The minimum atomic E-state index is -0.881. The van der Waals surface area contributed by atoms with Gasteiger partial charge in [0, 0.05) is 30.4 Å². The smallest absolute Gasteiger partial charge is 0.307 e. The first-order chi connectivity index (χ1) is 7.65. The van der Waals surface area contributed by atoms with E-state index >= 15 is 0 Å². The van der Waals surface area contributed by atoms with Crippen LogP contribution in [0.15, 0.2) is 30.9 Å². The number of aryl methyl sites for hydroxylation is 1. The molecule has 0 unspecified atom stereocenters. The summed E-state index contributed by atoms with van der Waals surface area (Å²) >= 11 is 0. The molecule has 2 aromatic heterocycles. The number of carbonyl (C=O) groups is 1. The van der Waals surface area contributed by atoms with Crippen molar-refractivity contribution in [3.63, 3.8) is 0 Å². The van der Waals surface area contributed by atoms with Gasteiger partial charge in [-0.3, -0.25) is 9.36 Å². The van der Waals surface area contributed by atoms with Crippen molar-refractivity contribution in [2.24, 2.45) is 0 Å². The average Bonchev–Trinajstić information content (AvgIpc) is 2.65. The van der Waals surface area contributed by atoms with Crippen LogP contribution in [0, 0.1) is 6.92 Å². The van der Waals surface area contributed by atoms with Crippen molar-refractivity contribution in [2.45, 2.75) is 13.3 Å². The van der Waals surface area contributed by atoms with E-state index in [-0.39, 0.29) is 6.42 Å². The van der Waals surface area contributed by atoms with Crippen molar-refractivity contribution in [3.05, 3.63) is 42.0 Å². The molecule has 82 valence electrons. The van der Waals surface area contributed by atoms with Crippen molar-refractivity contribution in [2.75, 3.05) is 0 Å². The highest BCUT2D eigenvalue weighted by Gasteiger charge is 2.03. The maximum atomic E-state index is 10.5. The van der Waals surface area contributed by atoms with Gasteiger partial charge in [0.2, 0.25) is 5.95 Å². The summed E-state index contributed by atoms with van der Waals surface area (Å²) in [6.45, 7) is 1.98. The first-order valence-electron chi connectivity index (χ1n) is 4.83. The number of rotatable bonds is 3. The second kappa shape index (κ2) is 4.14. The van der Waals surface area contributed by atoms with Crippen LogP contribution in [0.25, 0.3) is 5.95 Å². The van der Waals surface area contributed by atoms with E-state index in [0.29, 0.717) is 11.5 Å². The molecule has 0 saturated heterocycles. The molecule has 5 heteroatoms. The molecule has 16 heavy (non-hydrogen) atoms. The Morgan fingerprint density at radius 3 is 2.62 bits per heavy atom. The Hall–Kier alpha value is -2.17. The van der Waals surface area contributed by atoms with Gasteiger partial charge in [-0.15, -0.1) is 0 Å². The molecule has 0 atom stereocenters. The van der Waals surface area contributed by atoms with E-state index in [2.05, 4.69) is 9.97 Å². The Morgan fingerprint density at radius 1 is 1.44 bits per heavy atom. The van der Waals surface area contributed by atoms with Gasteiger partial charge in [-0.1, -0.05) is 0 Å². The van der Waals surface area contributed by atoms with Crippen molar-refractivity contribution >= 4 is 5.97 Å². The number of aliphatic carboxylic acids is 1. The van der Waals surface area contributed by atoms with E-state index in [9.17, 15) is 4.79 Å². The molecule has 1 N–H and O–H groups in total. The standard InChI is InChI=1S/C11H11N3O2/c1-8-2-3-14(7-8)11-12-5-9(6-13-11)4-10(15)16/h2-3,5-7H,4H2,1H3,(H,15,16). The van der Waals surface area contributed by atoms with E-state index in [4.69, 9.17) is 5.11 Å². The van der Waals surface area contributed by atoms with E-state index in [1.54, 1.807) is 4.57 Å². The highest BCUT2D eigenvalue weighted by molar-refractivity contribution is 5.69. The lowest BCUT2D eigenvalue weighted by Crippen LogP contribution is -2.04. The fourth-order valence-electron chi connectivity index (χ4n) is 1.37. The second-order valence-electron chi connectivity index (χ2n) is 3.56. The number of hydrogen-bond donors (Lipinski definition) is 1. The molecule has 5 nitrogen and oxygen atoms in total. The molecule has 0 spiro atoms. The fraction of sp³-hybridized carbons (Fsp3) is 0.182. The van der Waals surface area contributed by atoms with Crippen molar-refractivity contribution in [3.8, 4) is 5.95 Å². The molecule has 0 radical (unpaired) electrons. The van der Waals surface area contributed by atoms with Crippen LogP contribution in [0.3, 0.4) is 0 Å². The normalized spacial score (nSPS) is 10.3. The quantitative estimate of drug-likeness (QED) is 0.838. The number of aromatic nitrogens is 3. The third kappa shape index (κ3) is 2.25. The Kier molecular flexibility index (Phi) is 2.68. The molecule has 0 aliphatic rings. The van der Waals surface area contributed by atoms with Crippen LogP contribution in [-0.4, -0.2) is 25.6 Å². The number of nitrogens with zero attached hydrogens (tertiary/aromatic N) is 3. The lowest BCUT2D eigenvalue weighted by atomic mass is 10.2. The van der Waals surface area contributed by atoms with Crippen molar-refractivity contribution < 1.29 is 9.90 Å². The van der Waals surface area contributed by atoms with Crippen LogP contribution in [0.2, 0.25) is 0 Å². The SMILES string of the molecule is Cc1ccn(-c2ncc(CC(=O)O)cn2)c1. The van der Waals surface area contributed by atoms with Crippen molar-refractivity contribution in [1.82, 2.24) is 14.5 Å². The molecular formula is C11H11N3O2. The number of hydrogen-bond acceptors (Lipinski definition) is 3. The highest BCUT2D eigenvalue weighted by Crippen LogP contribution is 2.05. The van der Waals surface area contributed by atoms with Gasteiger partial charge in [0.05, 0.1) is 6.42 Å². The highest BCUT2D eigenvalue weighted by atomic mass is 16.4. The summed E-state index contributed by atoms with van der Waals surface area (Å²) in [5, 5.41) is 8.60. The molecule has 2 aromatic rings. The lowest BCUT2D eigenvalue weighted by molar-refractivity contribution is -0.136. The van der Waals surface area contributed by atoms with E-state index in [1.165, 1.54) is 12.4 Å². The first-order valence-corrected chi connectivity index (χ1v) is 4.83. The van der Waals surface area contributed by atoms with Gasteiger partial charge in [0.1, 0.15) is 0 Å². The Labute approximate surface area is 92.4 Å². The predicted octanol–water partition coefficient (Wildman–Crippen LogP) is 1.20. The summed E-state index contributed by atoms with van der Waals surface area (Å²) in [6.07, 6.45) is 6.79. The zero-order valence-corrected chi connectivity index (χ0v) is 8.79. The van der Waals surface area contributed by atoms with Gasteiger partial charge in [-0.25, -0.2) is 9.97 Å². The molecule has 2 heterocycles. The zero-order valence-electron chi connectivity index (χ0n) is 8.79. The van der Waals surface area contributed by atoms with Crippen LogP contribution in [-0.2, 0) is 11.2 Å². The Bertz CT molecular complexity index is 502. The van der Waals surface area contributed by atoms with Crippen LogP contribution < -0.4 is 0 Å². The van der Waals surface area contributed by atoms with Crippen molar-refractivity contribution in [1.29, 1.82) is 0 Å². The summed E-state index contributed by atoms with van der Waals surface area (Å²) in [5.41, 5.74) is 1.72. The van der Waals surface area contributed by atoms with Gasteiger partial charge < -0.3 is 5.11 Å². The largest absolute Gasteiger partial charge is 0.481 e. The summed E-state index contributed by atoms with van der Waals surface area (Å²) < 4.78 is 1.79. The summed E-state index contributed by atoms with van der Waals surface area (Å²) in [4.78, 5) is 18.7. The molecule has 0 saturated carbocycles. The summed E-state index contributed by atoms with van der Waals surface area (Å²) in [7, 11) is 0. The van der Waals surface area contributed by atoms with Gasteiger partial charge in [-0.2, -0.15) is 0 Å². The topological polar surface area (TPSA) is 68.0 Å². The Balaban J connectivity index is 2.22. The van der Waals surface area contributed by atoms with E-state index < -0.39 is 5.97 Å². The monoisotopic (exact) mass is 217 g/mol. The maximum absolute atomic E-state index is 10.5. The van der Waals surface area contributed by atoms with E-state index in [1.807, 2.05) is 25.4 Å². The second-order valence-corrected chi connectivity index (χ2v) is 3.56. The molecule has 0 aliphatic carbocycles. The van der Waals surface area contributed by atoms with Crippen LogP contribution in [0.4, 0.5) is 0 Å². The summed E-state index contributed by atoms with van der Waals surface area (Å²) in [5.74, 6) is -0.338. The van der Waals surface area contributed by atoms with Crippen LogP contribution >= 0.6 is 0 Å². The fourth-order valence-corrected chi connectivity index (χ4v) is 1.37. The molecule has 2 rings (SSSR count). The Morgan fingerprint density at radius 2 is 2.12 bits per heavy atom. The third-order valence-electron chi connectivity index (χ3n) is 2.12. The average molecular weight is 217 g/mol. The van der Waals surface area contributed by atoms with Gasteiger partial charge in [0.15, 0.2) is 0 Å². The molecule has 0 fully saturated rings. The zero-order chi connectivity index (χ0) is 11.5. The molecule has 0 amide bonds. The minimum Gasteiger partial charge on any atom is -0.481 e. The molecular weight excluding hydrogens is 206 g/mol. The minimum absolute atomic E-state index is 0.0506. The van der Waals surface area contributed by atoms with Crippen LogP contribution in [0.1, 0.15) is 11.1 Å². The van der Waals surface area contributed by atoms with Gasteiger partial charge >= 0.3 is 5.97 Å².